The Bertz CT molecular complexity index is 957. The van der Waals surface area contributed by atoms with Crippen LogP contribution in [-0.4, -0.2) is 20.9 Å². The second-order valence-electron chi connectivity index (χ2n) is 5.53. The highest BCUT2D eigenvalue weighted by molar-refractivity contribution is 5.93. The summed E-state index contributed by atoms with van der Waals surface area (Å²) in [7, 11) is 0. The van der Waals surface area contributed by atoms with Crippen molar-refractivity contribution < 1.29 is 14.8 Å². The summed E-state index contributed by atoms with van der Waals surface area (Å²) < 4.78 is 0. The zero-order valence-corrected chi connectivity index (χ0v) is 13.3. The first kappa shape index (κ1) is 16.4. The number of hydrogen-bond acceptors (Lipinski definition) is 5. The number of benzene rings is 2. The van der Waals surface area contributed by atoms with E-state index in [-0.39, 0.29) is 33.8 Å². The molecular weight excluding hydrogens is 322 g/mol. The predicted octanol–water partition coefficient (Wildman–Crippen LogP) is 3.07. The maximum Gasteiger partial charge on any atom is 0.279 e. The molecule has 1 atom stereocenters. The maximum absolute atomic E-state index is 11.7. The fourth-order valence-electron chi connectivity index (χ4n) is 2.79. The zero-order valence-electron chi connectivity index (χ0n) is 13.3. The van der Waals surface area contributed by atoms with Crippen LogP contribution in [0.15, 0.2) is 54.7 Å². The number of pyridine rings is 1. The van der Waals surface area contributed by atoms with Crippen molar-refractivity contribution in [3.8, 4) is 5.75 Å². The van der Waals surface area contributed by atoms with Crippen LogP contribution in [0.5, 0.6) is 5.75 Å². The molecule has 3 aromatic rings. The first-order valence-corrected chi connectivity index (χ1v) is 7.56. The molecule has 0 spiro atoms. The molecule has 0 aliphatic heterocycles. The summed E-state index contributed by atoms with van der Waals surface area (Å²) in [5, 5.41) is 25.1. The van der Waals surface area contributed by atoms with Crippen LogP contribution in [0.3, 0.4) is 0 Å². The third kappa shape index (κ3) is 3.12. The molecule has 0 unspecified atom stereocenters. The molecule has 0 saturated carbocycles. The number of aromatic hydroxyl groups is 1. The Kier molecular flexibility index (Phi) is 4.30. The number of nitro groups is 1. The monoisotopic (exact) mass is 337 g/mol. The number of hydrogen-bond donors (Lipinski definition) is 2. The number of phenolic OH excluding ortho intramolecular Hbond substituents is 1. The molecule has 0 aliphatic carbocycles. The van der Waals surface area contributed by atoms with Crippen LogP contribution in [0.4, 0.5) is 5.69 Å². The van der Waals surface area contributed by atoms with Crippen molar-refractivity contribution in [1.82, 2.24) is 10.3 Å². The number of carbonyl (C=O) groups is 1. The maximum atomic E-state index is 11.7. The molecule has 25 heavy (non-hydrogen) atoms. The Morgan fingerprint density at radius 3 is 2.60 bits per heavy atom. The van der Waals surface area contributed by atoms with Crippen molar-refractivity contribution in [1.29, 1.82) is 0 Å². The van der Waals surface area contributed by atoms with Gasteiger partial charge in [0.05, 0.1) is 16.4 Å². The molecule has 3 rings (SSSR count). The summed E-state index contributed by atoms with van der Waals surface area (Å²) in [6.45, 7) is 1.35. The number of nitrogens with zero attached hydrogens (tertiary/aromatic N) is 2. The summed E-state index contributed by atoms with van der Waals surface area (Å²) in [6, 6.07) is 12.6. The fraction of sp³-hybridized carbons (Fsp3) is 0.111. The summed E-state index contributed by atoms with van der Waals surface area (Å²) in [5.41, 5.74) is 0.858. The molecule has 7 nitrogen and oxygen atoms in total. The second-order valence-corrected chi connectivity index (χ2v) is 5.53. The number of nitrogens with one attached hydrogen (secondary N) is 1. The molecule has 0 aliphatic rings. The number of amides is 1. The van der Waals surface area contributed by atoms with E-state index in [4.69, 9.17) is 0 Å². The quantitative estimate of drug-likeness (QED) is 0.562. The van der Waals surface area contributed by atoms with Gasteiger partial charge in [-0.05, 0) is 17.7 Å². The highest BCUT2D eigenvalue weighted by atomic mass is 16.6. The van der Waals surface area contributed by atoms with Crippen molar-refractivity contribution in [2.24, 2.45) is 0 Å². The molecule has 0 bridgehead atoms. The number of fused-ring (bicyclic) bond motifs is 1. The van der Waals surface area contributed by atoms with Crippen LogP contribution in [0.2, 0.25) is 0 Å². The van der Waals surface area contributed by atoms with Crippen molar-refractivity contribution >= 4 is 22.5 Å². The molecular formula is C18H15N3O4. The molecule has 2 N–H and O–H groups in total. The van der Waals surface area contributed by atoms with Gasteiger partial charge in [-0.1, -0.05) is 30.3 Å². The summed E-state index contributed by atoms with van der Waals surface area (Å²) in [4.78, 5) is 26.7. The van der Waals surface area contributed by atoms with Crippen LogP contribution in [0, 0.1) is 10.1 Å². The van der Waals surface area contributed by atoms with Gasteiger partial charge in [0.15, 0.2) is 0 Å². The van der Waals surface area contributed by atoms with E-state index in [1.807, 2.05) is 6.07 Å². The minimum Gasteiger partial charge on any atom is -0.505 e. The largest absolute Gasteiger partial charge is 0.505 e. The van der Waals surface area contributed by atoms with Gasteiger partial charge in [-0.25, -0.2) is 0 Å². The lowest BCUT2D eigenvalue weighted by atomic mass is 9.95. The standard InChI is InChI=1S/C18H15N3O4/c1-11(22)20-16(12-6-3-2-4-7-12)14-10-15(21(24)25)13-8-5-9-19-17(13)18(14)23/h2-10,16,23H,1H3,(H,20,22)/t16-/m0/s1. The number of rotatable bonds is 4. The molecule has 1 aromatic heterocycles. The van der Waals surface area contributed by atoms with Gasteiger partial charge < -0.3 is 10.4 Å². The number of phenols is 1. The van der Waals surface area contributed by atoms with Gasteiger partial charge >= 0.3 is 0 Å². The Hall–Kier alpha value is -3.48. The van der Waals surface area contributed by atoms with Crippen LogP contribution in [0.1, 0.15) is 24.1 Å². The lowest BCUT2D eigenvalue weighted by molar-refractivity contribution is -0.383. The number of carbonyl (C=O) groups excluding carboxylic acids is 1. The highest BCUT2D eigenvalue weighted by Gasteiger charge is 2.26. The van der Waals surface area contributed by atoms with E-state index >= 15 is 0 Å². The molecule has 2 aromatic carbocycles. The summed E-state index contributed by atoms with van der Waals surface area (Å²) >= 11 is 0. The lowest BCUT2D eigenvalue weighted by Crippen LogP contribution is -2.27. The third-order valence-electron chi connectivity index (χ3n) is 3.86. The fourth-order valence-corrected chi connectivity index (χ4v) is 2.79. The third-order valence-corrected chi connectivity index (χ3v) is 3.86. The minimum atomic E-state index is -0.733. The SMILES string of the molecule is CC(=O)N[C@@H](c1ccccc1)c1cc([N+](=O)[O-])c2cccnc2c1O. The molecule has 1 heterocycles. The number of aromatic nitrogens is 1. The van der Waals surface area contributed by atoms with Gasteiger partial charge in [0.25, 0.3) is 5.69 Å². The Balaban J connectivity index is 2.29. The van der Waals surface area contributed by atoms with Crippen LogP contribution in [-0.2, 0) is 4.79 Å². The number of non-ortho nitro benzene ring substituents is 1. The van der Waals surface area contributed by atoms with E-state index in [0.717, 1.165) is 0 Å². The predicted molar refractivity (Wildman–Crippen MR) is 92.2 cm³/mol. The van der Waals surface area contributed by atoms with E-state index in [1.54, 1.807) is 30.3 Å². The zero-order chi connectivity index (χ0) is 18.0. The Morgan fingerprint density at radius 2 is 1.96 bits per heavy atom. The topological polar surface area (TPSA) is 105 Å². The van der Waals surface area contributed by atoms with Gasteiger partial charge in [0.1, 0.15) is 11.3 Å². The lowest BCUT2D eigenvalue weighted by Gasteiger charge is -2.20. The second kappa shape index (κ2) is 6.56. The molecule has 0 radical (unpaired) electrons. The van der Waals surface area contributed by atoms with Gasteiger partial charge in [0.2, 0.25) is 5.91 Å². The Labute approximate surface area is 143 Å². The van der Waals surface area contributed by atoms with Gasteiger partial charge in [0, 0.05) is 24.8 Å². The van der Waals surface area contributed by atoms with Gasteiger partial charge in [-0.15, -0.1) is 0 Å². The van der Waals surface area contributed by atoms with Crippen LogP contribution >= 0.6 is 0 Å². The van der Waals surface area contributed by atoms with E-state index in [1.165, 1.54) is 25.3 Å². The molecule has 1 amide bonds. The highest BCUT2D eigenvalue weighted by Crippen LogP contribution is 2.39. The van der Waals surface area contributed by atoms with Crippen molar-refractivity contribution in [3.63, 3.8) is 0 Å². The van der Waals surface area contributed by atoms with Crippen molar-refractivity contribution in [2.45, 2.75) is 13.0 Å². The van der Waals surface area contributed by atoms with Gasteiger partial charge in [-0.2, -0.15) is 0 Å². The Morgan fingerprint density at radius 1 is 1.24 bits per heavy atom. The normalized spacial score (nSPS) is 11.9. The van der Waals surface area contributed by atoms with Crippen LogP contribution < -0.4 is 5.32 Å². The van der Waals surface area contributed by atoms with Crippen LogP contribution in [0.25, 0.3) is 10.9 Å². The first-order chi connectivity index (χ1) is 12.0. The molecule has 0 saturated heterocycles. The average Bonchev–Trinajstić information content (AvgIpc) is 2.61. The summed E-state index contributed by atoms with van der Waals surface area (Å²) in [6.07, 6.45) is 1.45. The first-order valence-electron chi connectivity index (χ1n) is 7.56. The van der Waals surface area contributed by atoms with Crippen molar-refractivity contribution in [2.75, 3.05) is 0 Å². The average molecular weight is 337 g/mol. The molecule has 126 valence electrons. The van der Waals surface area contributed by atoms with E-state index in [9.17, 15) is 20.0 Å². The van der Waals surface area contributed by atoms with Gasteiger partial charge in [-0.3, -0.25) is 19.9 Å². The number of nitro benzene ring substituents is 1. The smallest absolute Gasteiger partial charge is 0.279 e. The van der Waals surface area contributed by atoms with Crippen molar-refractivity contribution in [3.05, 3.63) is 76.0 Å². The van der Waals surface area contributed by atoms with E-state index in [0.29, 0.717) is 5.56 Å². The molecule has 7 heteroatoms. The minimum absolute atomic E-state index is 0.123. The van der Waals surface area contributed by atoms with E-state index < -0.39 is 11.0 Å². The molecule has 0 fully saturated rings. The van der Waals surface area contributed by atoms with E-state index in [2.05, 4.69) is 10.3 Å². The summed E-state index contributed by atoms with van der Waals surface area (Å²) in [5.74, 6) is -0.513.